The molecule has 0 saturated carbocycles. The number of rotatable bonds is 30. The van der Waals surface area contributed by atoms with E-state index in [1.54, 1.807) is 64.8 Å². The number of benzene rings is 3. The smallest absolute Gasteiger partial charge is 0.249 e. The van der Waals surface area contributed by atoms with Gasteiger partial charge in [0.05, 0.1) is 0 Å². The zero-order valence-electron chi connectivity index (χ0n) is 39.7. The molecule has 0 fully saturated rings. The first-order valence-electron chi connectivity index (χ1n) is 24.8. The molecule has 1 N–H and O–H groups in total. The van der Waals surface area contributed by atoms with Crippen molar-refractivity contribution in [2.75, 3.05) is 0 Å². The van der Waals surface area contributed by atoms with Gasteiger partial charge in [-0.1, -0.05) is 156 Å². The Kier molecular flexibility index (Phi) is 27.7. The summed E-state index contributed by atoms with van der Waals surface area (Å²) in [4.78, 5) is 13.7. The fourth-order valence-corrected chi connectivity index (χ4v) is 11.6. The second-order valence-corrected chi connectivity index (χ2v) is 19.1. The van der Waals surface area contributed by atoms with Crippen LogP contribution in [0.4, 0.5) is 4.79 Å². The van der Waals surface area contributed by atoms with Crippen LogP contribution in [0.25, 0.3) is 0 Å². The molecule has 3 aromatic carbocycles. The average molecular weight is 829 g/mol. The molecular weight excluding hydrogens is 741 g/mol. The maximum Gasteiger partial charge on any atom is 0.249 e. The van der Waals surface area contributed by atoms with Gasteiger partial charge >= 0.3 is 0 Å². The summed E-state index contributed by atoms with van der Waals surface area (Å²) in [5, 5.41) is 15.3. The molecule has 3 nitrogen and oxygen atoms in total. The average Bonchev–Trinajstić information content (AvgIpc) is 3.23. The molecule has 0 unspecified atom stereocenters. The largest absolute Gasteiger partial charge is 0.565 e. The van der Waals surface area contributed by atoms with Crippen molar-refractivity contribution >= 4 is 17.1 Å². The van der Waals surface area contributed by atoms with E-state index in [2.05, 4.69) is 98.7 Å². The van der Waals surface area contributed by atoms with Gasteiger partial charge in [-0.25, -0.2) is 0 Å². The van der Waals surface area contributed by atoms with Crippen molar-refractivity contribution in [3.05, 3.63) is 86.5 Å². The topological polar surface area (TPSA) is 60.4 Å². The van der Waals surface area contributed by atoms with E-state index in [9.17, 15) is 0 Å². The molecule has 0 atom stereocenters. The monoisotopic (exact) mass is 829 g/mol. The first-order chi connectivity index (χ1) is 28.7. The summed E-state index contributed by atoms with van der Waals surface area (Å²) in [6.45, 7) is 21.5. The Morgan fingerprint density at radius 1 is 0.373 bits per heavy atom. The van der Waals surface area contributed by atoms with Crippen molar-refractivity contribution in [2.45, 2.75) is 250 Å². The molecule has 0 aliphatic heterocycles. The standard InChI is InChI=1S/C54H87S.CH2O3/c1-10-19-28-43-37-46(31-22-13-4)52(47(38-43)32-23-14-5)55(53-48(33-24-15-6)39-44(29-20-11-2)40-49(53)34-25-16-7)54-50(35-26-17-8)41-45(30-21-12-3)42-51(54)36-27-18-9;2-1(3)4/h37-42H,10-36H2,1-9H3;(H2,2,3,4)/q+1;/p-1. The Labute approximate surface area is 367 Å². The second kappa shape index (κ2) is 31.2. The maximum absolute atomic E-state index is 8.44. The lowest BCUT2D eigenvalue weighted by Crippen LogP contribution is -2.20. The molecule has 0 aromatic heterocycles. The number of hydrogen-bond donors (Lipinski definition) is 1. The number of aryl methyl sites for hydroxylation is 9. The molecule has 59 heavy (non-hydrogen) atoms. The SMILES string of the molecule is CCCCc1cc(CCCC)c([S+](c2c(CCCC)cc(CCCC)cc2CCCC)c2c(CCCC)cc(CCCC)cc2CCCC)c(CCCC)c1.O=C([O-])O. The van der Waals surface area contributed by atoms with Crippen LogP contribution in [0.3, 0.4) is 0 Å². The highest BCUT2D eigenvalue weighted by molar-refractivity contribution is 7.97. The summed E-state index contributed by atoms with van der Waals surface area (Å²) < 4.78 is 0. The van der Waals surface area contributed by atoms with Crippen LogP contribution in [0.1, 0.15) is 228 Å². The molecule has 0 aliphatic carbocycles. The zero-order valence-corrected chi connectivity index (χ0v) is 40.5. The molecule has 0 amide bonds. The lowest BCUT2D eigenvalue weighted by Gasteiger charge is -2.25. The van der Waals surface area contributed by atoms with Gasteiger partial charge in [-0.3, -0.25) is 0 Å². The molecule has 0 spiro atoms. The van der Waals surface area contributed by atoms with Gasteiger partial charge in [-0.05, 0) is 132 Å². The molecule has 0 aliphatic rings. The summed E-state index contributed by atoms with van der Waals surface area (Å²) in [6, 6.07) is 16.4. The Morgan fingerprint density at radius 3 is 0.678 bits per heavy atom. The van der Waals surface area contributed by atoms with E-state index in [0.29, 0.717) is 0 Å². The Bertz CT molecular complexity index is 1340. The molecule has 0 heterocycles. The second-order valence-electron chi connectivity index (χ2n) is 17.2. The van der Waals surface area contributed by atoms with Gasteiger partial charge < -0.3 is 15.0 Å². The molecular formula is C55H88O3S. The van der Waals surface area contributed by atoms with Crippen LogP contribution in [0.5, 0.6) is 0 Å². The van der Waals surface area contributed by atoms with Gasteiger partial charge in [-0.2, -0.15) is 0 Å². The van der Waals surface area contributed by atoms with Crippen molar-refractivity contribution in [3.63, 3.8) is 0 Å². The Hall–Kier alpha value is -2.72. The van der Waals surface area contributed by atoms with E-state index in [1.807, 2.05) is 0 Å². The highest BCUT2D eigenvalue weighted by Crippen LogP contribution is 2.45. The first-order valence-corrected chi connectivity index (χ1v) is 26.0. The van der Waals surface area contributed by atoms with Crippen molar-refractivity contribution in [3.8, 4) is 0 Å². The highest BCUT2D eigenvalue weighted by Gasteiger charge is 2.41. The number of carboxylic acid groups (broad SMARTS) is 2. The molecule has 0 radical (unpaired) electrons. The lowest BCUT2D eigenvalue weighted by atomic mass is 9.95. The number of carbonyl (C=O) groups is 1. The lowest BCUT2D eigenvalue weighted by molar-refractivity contribution is -0.275. The van der Waals surface area contributed by atoms with E-state index in [4.69, 9.17) is 15.0 Å². The molecule has 4 heteroatoms. The minimum absolute atomic E-state index is 0.147. The predicted octanol–water partition coefficient (Wildman–Crippen LogP) is 15.8. The fraction of sp³-hybridized carbons (Fsp3) is 0.655. The van der Waals surface area contributed by atoms with E-state index >= 15 is 0 Å². The van der Waals surface area contributed by atoms with Gasteiger partial charge in [0, 0.05) is 33.4 Å². The molecule has 332 valence electrons. The van der Waals surface area contributed by atoms with Gasteiger partial charge in [0.2, 0.25) is 6.16 Å². The molecule has 3 aromatic rings. The quantitative estimate of drug-likeness (QED) is 0.0681. The number of unbranched alkanes of at least 4 members (excludes halogenated alkanes) is 9. The summed E-state index contributed by atoms with van der Waals surface area (Å²) in [5.41, 5.74) is 15.0. The van der Waals surface area contributed by atoms with Gasteiger partial charge in [0.25, 0.3) is 0 Å². The minimum Gasteiger partial charge on any atom is -0.565 e. The van der Waals surface area contributed by atoms with Crippen LogP contribution in [-0.4, -0.2) is 11.3 Å². The van der Waals surface area contributed by atoms with Crippen molar-refractivity contribution < 1.29 is 15.0 Å². The fourth-order valence-electron chi connectivity index (χ4n) is 8.47. The third kappa shape index (κ3) is 18.0. The first kappa shape index (κ1) is 52.4. The zero-order chi connectivity index (χ0) is 43.4. The minimum atomic E-state index is -2.08. The van der Waals surface area contributed by atoms with Crippen LogP contribution >= 0.6 is 0 Å². The predicted molar refractivity (Wildman–Crippen MR) is 257 cm³/mol. The van der Waals surface area contributed by atoms with E-state index in [1.165, 1.54) is 173 Å². The van der Waals surface area contributed by atoms with Gasteiger partial charge in [0.1, 0.15) is 10.9 Å². The van der Waals surface area contributed by atoms with E-state index in [-0.39, 0.29) is 10.9 Å². The molecule has 0 saturated heterocycles. The third-order valence-electron chi connectivity index (χ3n) is 11.8. The normalized spacial score (nSPS) is 11.3. The number of hydrogen-bond acceptors (Lipinski definition) is 2. The Balaban J connectivity index is 0.00000286. The van der Waals surface area contributed by atoms with E-state index in [0.717, 1.165) is 0 Å². The summed E-state index contributed by atoms with van der Waals surface area (Å²) in [5.74, 6) is 0. The summed E-state index contributed by atoms with van der Waals surface area (Å²) in [7, 11) is -0.147. The molecule has 0 bridgehead atoms. The van der Waals surface area contributed by atoms with Crippen LogP contribution < -0.4 is 5.11 Å². The van der Waals surface area contributed by atoms with Gasteiger partial charge in [0.15, 0.2) is 14.7 Å². The van der Waals surface area contributed by atoms with Crippen LogP contribution in [0.2, 0.25) is 0 Å². The van der Waals surface area contributed by atoms with Crippen molar-refractivity contribution in [2.24, 2.45) is 0 Å². The van der Waals surface area contributed by atoms with Crippen LogP contribution in [0, 0.1) is 0 Å². The van der Waals surface area contributed by atoms with Crippen molar-refractivity contribution in [1.82, 2.24) is 0 Å². The van der Waals surface area contributed by atoms with Crippen molar-refractivity contribution in [1.29, 1.82) is 0 Å². The van der Waals surface area contributed by atoms with Crippen LogP contribution in [-0.2, 0) is 68.7 Å². The van der Waals surface area contributed by atoms with E-state index < -0.39 is 6.16 Å². The summed E-state index contributed by atoms with van der Waals surface area (Å²) >= 11 is 0. The molecule has 3 rings (SSSR count). The third-order valence-corrected chi connectivity index (χ3v) is 14.6. The summed E-state index contributed by atoms with van der Waals surface area (Å²) in [6.07, 6.45) is 31.6. The maximum atomic E-state index is 8.44. The highest BCUT2D eigenvalue weighted by atomic mass is 32.2. The van der Waals surface area contributed by atoms with Gasteiger partial charge in [-0.15, -0.1) is 0 Å². The van der Waals surface area contributed by atoms with Crippen LogP contribution in [0.15, 0.2) is 51.1 Å². The Morgan fingerprint density at radius 2 is 0.525 bits per heavy atom.